The Kier molecular flexibility index (Phi) is 11.7. The van der Waals surface area contributed by atoms with Crippen LogP contribution in [0, 0.1) is 0 Å². The first-order valence-corrected chi connectivity index (χ1v) is 6.78. The van der Waals surface area contributed by atoms with Crippen molar-refractivity contribution in [2.45, 2.75) is 73.4 Å². The minimum absolute atomic E-state index is 0. The molecule has 5 nitrogen and oxygen atoms in total. The maximum atomic E-state index is 11.5. The third-order valence-electron chi connectivity index (χ3n) is 2.49. The molecular weight excluding hydrogens is 255 g/mol. The molecule has 1 saturated heterocycles. The highest BCUT2D eigenvalue weighted by Gasteiger charge is 2.34. The minimum Gasteiger partial charge on any atom is -0.390 e. The second kappa shape index (κ2) is 9.05. The van der Waals surface area contributed by atoms with E-state index < -0.39 is 25.5 Å². The van der Waals surface area contributed by atoms with Gasteiger partial charge in [0, 0.05) is 6.42 Å². The number of hydrogen-bond acceptors (Lipinski definition) is 4. The lowest BCUT2D eigenvalue weighted by Gasteiger charge is -2.19. The van der Waals surface area contributed by atoms with E-state index in [-0.39, 0.29) is 35.0 Å². The van der Waals surface area contributed by atoms with Crippen LogP contribution in [-0.2, 0) is 13.8 Å². The number of aliphatic hydroxyl groups is 1. The van der Waals surface area contributed by atoms with Gasteiger partial charge in [-0.3, -0.25) is 4.57 Å². The molecule has 0 spiro atoms. The van der Waals surface area contributed by atoms with Gasteiger partial charge in [-0.05, 0) is 6.92 Å². The summed E-state index contributed by atoms with van der Waals surface area (Å²) in [6.07, 6.45) is -0.567. The molecule has 0 bridgehead atoms. The highest BCUT2D eigenvalue weighted by atomic mass is 31.2. The van der Waals surface area contributed by atoms with Crippen molar-refractivity contribution >= 4 is 7.60 Å². The standard InChI is InChI=1S/C9H19O5P.3CH4/c1-6(2)15(11,12)13-5-9-8(10)4-7(3)14-9;;;/h6-10H,4-5H2,1-3H3,(H,11,12);3*1H4. The van der Waals surface area contributed by atoms with Crippen LogP contribution >= 0.6 is 7.60 Å². The van der Waals surface area contributed by atoms with E-state index in [2.05, 4.69) is 0 Å². The van der Waals surface area contributed by atoms with E-state index in [0.717, 1.165) is 0 Å². The maximum Gasteiger partial charge on any atom is 0.330 e. The SMILES string of the molecule is C.C.C.CC1CC(O)C(COP(=O)(O)C(C)C)O1. The van der Waals surface area contributed by atoms with Crippen molar-refractivity contribution in [1.82, 2.24) is 0 Å². The van der Waals surface area contributed by atoms with Crippen LogP contribution in [0.25, 0.3) is 0 Å². The molecule has 0 aromatic carbocycles. The Morgan fingerprint density at radius 3 is 2.22 bits per heavy atom. The van der Waals surface area contributed by atoms with Gasteiger partial charge >= 0.3 is 7.60 Å². The van der Waals surface area contributed by atoms with E-state index in [4.69, 9.17) is 9.26 Å². The first-order chi connectivity index (χ1) is 6.83. The Balaban J connectivity index is -0.000000750. The van der Waals surface area contributed by atoms with Crippen LogP contribution < -0.4 is 0 Å². The normalized spacial score (nSPS) is 29.8. The van der Waals surface area contributed by atoms with Crippen LogP contribution in [0.2, 0.25) is 0 Å². The molecule has 0 amide bonds. The third kappa shape index (κ3) is 6.30. The fraction of sp³-hybridized carbons (Fsp3) is 1.00. The van der Waals surface area contributed by atoms with Crippen molar-refractivity contribution in [3.05, 3.63) is 0 Å². The van der Waals surface area contributed by atoms with Crippen LogP contribution in [0.15, 0.2) is 0 Å². The Labute approximate surface area is 112 Å². The molecular formula is C12H31O5P. The molecule has 1 heterocycles. The van der Waals surface area contributed by atoms with Crippen molar-refractivity contribution in [3.8, 4) is 0 Å². The fourth-order valence-electron chi connectivity index (χ4n) is 1.42. The second-order valence-corrected chi connectivity index (χ2v) is 6.66. The van der Waals surface area contributed by atoms with Crippen molar-refractivity contribution in [2.24, 2.45) is 0 Å². The predicted molar refractivity (Wildman–Crippen MR) is 76.1 cm³/mol. The predicted octanol–water partition coefficient (Wildman–Crippen LogP) is 3.04. The van der Waals surface area contributed by atoms with Crippen LogP contribution in [0.3, 0.4) is 0 Å². The van der Waals surface area contributed by atoms with Crippen molar-refractivity contribution < 1.29 is 23.8 Å². The summed E-state index contributed by atoms with van der Waals surface area (Å²) in [5.41, 5.74) is -0.437. The number of rotatable bonds is 4. The van der Waals surface area contributed by atoms with Crippen LogP contribution in [0.4, 0.5) is 0 Å². The van der Waals surface area contributed by atoms with E-state index in [1.807, 2.05) is 6.92 Å². The number of aliphatic hydroxyl groups excluding tert-OH is 1. The van der Waals surface area contributed by atoms with Gasteiger partial charge in [0.05, 0.1) is 24.5 Å². The van der Waals surface area contributed by atoms with Gasteiger partial charge in [0.25, 0.3) is 0 Å². The number of hydrogen-bond donors (Lipinski definition) is 2. The molecule has 6 heteroatoms. The summed E-state index contributed by atoms with van der Waals surface area (Å²) >= 11 is 0. The molecule has 4 atom stereocenters. The van der Waals surface area contributed by atoms with Gasteiger partial charge in [0.1, 0.15) is 6.10 Å². The Morgan fingerprint density at radius 1 is 1.39 bits per heavy atom. The van der Waals surface area contributed by atoms with Crippen LogP contribution in [0.1, 0.15) is 49.5 Å². The fourth-order valence-corrected chi connectivity index (χ4v) is 2.07. The molecule has 2 N–H and O–H groups in total. The van der Waals surface area contributed by atoms with E-state index in [9.17, 15) is 14.6 Å². The lowest BCUT2D eigenvalue weighted by atomic mass is 10.1. The molecule has 1 aliphatic rings. The average Bonchev–Trinajstić information content (AvgIpc) is 2.41. The van der Waals surface area contributed by atoms with Gasteiger partial charge in [-0.1, -0.05) is 36.1 Å². The second-order valence-electron chi connectivity index (χ2n) is 4.24. The highest BCUT2D eigenvalue weighted by Crippen LogP contribution is 2.47. The maximum absolute atomic E-state index is 11.5. The van der Waals surface area contributed by atoms with Crippen molar-refractivity contribution in [1.29, 1.82) is 0 Å². The molecule has 4 unspecified atom stereocenters. The largest absolute Gasteiger partial charge is 0.390 e. The Bertz CT molecular complexity index is 257. The molecule has 0 aliphatic carbocycles. The molecule has 18 heavy (non-hydrogen) atoms. The lowest BCUT2D eigenvalue weighted by molar-refractivity contribution is -0.0132. The summed E-state index contributed by atoms with van der Waals surface area (Å²) in [6, 6.07) is 0. The van der Waals surface area contributed by atoms with Crippen molar-refractivity contribution in [3.63, 3.8) is 0 Å². The van der Waals surface area contributed by atoms with E-state index in [0.29, 0.717) is 6.42 Å². The molecule has 0 saturated carbocycles. The molecule has 1 aliphatic heterocycles. The first-order valence-electron chi connectivity index (χ1n) is 5.13. The van der Waals surface area contributed by atoms with E-state index in [1.54, 1.807) is 13.8 Å². The zero-order valence-electron chi connectivity index (χ0n) is 9.29. The first kappa shape index (κ1) is 23.2. The summed E-state index contributed by atoms with van der Waals surface area (Å²) in [6.45, 7) is 5.06. The van der Waals surface area contributed by atoms with E-state index >= 15 is 0 Å². The molecule has 1 fully saturated rings. The number of ether oxygens (including phenoxy) is 1. The zero-order chi connectivity index (χ0) is 11.6. The van der Waals surface area contributed by atoms with Gasteiger partial charge in [-0.15, -0.1) is 0 Å². The van der Waals surface area contributed by atoms with Crippen LogP contribution in [0.5, 0.6) is 0 Å². The lowest BCUT2D eigenvalue weighted by Crippen LogP contribution is -2.26. The van der Waals surface area contributed by atoms with Crippen LogP contribution in [-0.4, -0.2) is 40.6 Å². The quantitative estimate of drug-likeness (QED) is 0.777. The summed E-state index contributed by atoms with van der Waals surface area (Å²) < 4.78 is 21.7. The Hall–Kier alpha value is 0.0700. The molecule has 1 rings (SSSR count). The van der Waals surface area contributed by atoms with Gasteiger partial charge < -0.3 is 19.3 Å². The highest BCUT2D eigenvalue weighted by molar-refractivity contribution is 7.53. The van der Waals surface area contributed by atoms with Gasteiger partial charge in [0.2, 0.25) is 0 Å². The summed E-state index contributed by atoms with van der Waals surface area (Å²) in [4.78, 5) is 9.40. The summed E-state index contributed by atoms with van der Waals surface area (Å²) in [7, 11) is -3.55. The van der Waals surface area contributed by atoms with Gasteiger partial charge in [0.15, 0.2) is 0 Å². The monoisotopic (exact) mass is 286 g/mol. The molecule has 114 valence electrons. The van der Waals surface area contributed by atoms with E-state index in [1.165, 1.54) is 0 Å². The summed E-state index contributed by atoms with van der Waals surface area (Å²) in [5.74, 6) is 0. The minimum atomic E-state index is -3.55. The average molecular weight is 286 g/mol. The van der Waals surface area contributed by atoms with Crippen molar-refractivity contribution in [2.75, 3.05) is 6.61 Å². The topological polar surface area (TPSA) is 76.0 Å². The molecule has 0 radical (unpaired) electrons. The Morgan fingerprint density at radius 2 is 1.89 bits per heavy atom. The summed E-state index contributed by atoms with van der Waals surface area (Å²) in [5, 5.41) is 9.52. The zero-order valence-corrected chi connectivity index (χ0v) is 10.2. The smallest absolute Gasteiger partial charge is 0.330 e. The molecule has 0 aromatic heterocycles. The van der Waals surface area contributed by atoms with Gasteiger partial charge in [-0.2, -0.15) is 0 Å². The molecule has 0 aromatic rings. The van der Waals surface area contributed by atoms with Gasteiger partial charge in [-0.25, -0.2) is 0 Å². The third-order valence-corrected chi connectivity index (χ3v) is 4.31.